The van der Waals surface area contributed by atoms with E-state index in [4.69, 9.17) is 0 Å². The molecule has 204 valence electrons. The van der Waals surface area contributed by atoms with Crippen LogP contribution in [0.5, 0.6) is 5.75 Å². The zero-order valence-corrected chi connectivity index (χ0v) is 21.7. The van der Waals surface area contributed by atoms with Gasteiger partial charge >= 0.3 is 0 Å². The number of hydrogen-bond acceptors (Lipinski definition) is 5. The van der Waals surface area contributed by atoms with Crippen molar-refractivity contribution in [3.8, 4) is 5.75 Å². The second-order valence-electron chi connectivity index (χ2n) is 9.70. The summed E-state index contributed by atoms with van der Waals surface area (Å²) >= 11 is 0. The molecular weight excluding hydrogens is 499 g/mol. The molecule has 1 atom stereocenters. The fourth-order valence-electron chi connectivity index (χ4n) is 4.83. The van der Waals surface area contributed by atoms with Crippen LogP contribution in [0.4, 0.5) is 15.9 Å². The molecule has 9 heteroatoms. The fourth-order valence-corrected chi connectivity index (χ4v) is 4.83. The molecule has 1 saturated carbocycles. The van der Waals surface area contributed by atoms with Crippen molar-refractivity contribution in [2.75, 3.05) is 10.2 Å². The van der Waals surface area contributed by atoms with Gasteiger partial charge in [-0.3, -0.25) is 19.3 Å². The Morgan fingerprint density at radius 3 is 2.44 bits per heavy atom. The van der Waals surface area contributed by atoms with Crippen molar-refractivity contribution in [3.05, 3.63) is 84.3 Å². The summed E-state index contributed by atoms with van der Waals surface area (Å²) in [6.45, 7) is 0. The first-order chi connectivity index (χ1) is 18.9. The number of amides is 3. The van der Waals surface area contributed by atoms with Gasteiger partial charge in [0.15, 0.2) is 0 Å². The second-order valence-corrected chi connectivity index (χ2v) is 9.70. The van der Waals surface area contributed by atoms with E-state index in [2.05, 4.69) is 15.6 Å². The number of carbonyl (C=O) groups excluding carboxylic acids is 3. The van der Waals surface area contributed by atoms with Crippen molar-refractivity contribution < 1.29 is 23.9 Å². The number of benzene rings is 2. The van der Waals surface area contributed by atoms with Gasteiger partial charge in [-0.25, -0.2) is 9.37 Å². The van der Waals surface area contributed by atoms with E-state index >= 15 is 0 Å². The van der Waals surface area contributed by atoms with E-state index in [-0.39, 0.29) is 48.6 Å². The van der Waals surface area contributed by atoms with Crippen molar-refractivity contribution >= 4 is 29.2 Å². The maximum absolute atomic E-state index is 14.3. The Kier molecular flexibility index (Phi) is 9.61. The van der Waals surface area contributed by atoms with Crippen LogP contribution >= 0.6 is 0 Å². The monoisotopic (exact) mass is 532 g/mol. The lowest BCUT2D eigenvalue weighted by atomic mass is 9.94. The second kappa shape index (κ2) is 13.5. The van der Waals surface area contributed by atoms with E-state index in [0.717, 1.165) is 32.1 Å². The molecular formula is C30H33FN4O4. The summed E-state index contributed by atoms with van der Waals surface area (Å²) in [4.78, 5) is 45.2. The molecule has 0 aliphatic heterocycles. The van der Waals surface area contributed by atoms with Crippen molar-refractivity contribution in [2.45, 2.75) is 63.5 Å². The topological polar surface area (TPSA) is 112 Å². The fraction of sp³-hybridized carbons (Fsp3) is 0.333. The zero-order valence-electron chi connectivity index (χ0n) is 21.7. The third kappa shape index (κ3) is 7.86. The van der Waals surface area contributed by atoms with Gasteiger partial charge in [0.2, 0.25) is 17.7 Å². The first kappa shape index (κ1) is 27.8. The maximum Gasteiger partial charge on any atom is 0.248 e. The van der Waals surface area contributed by atoms with E-state index in [0.29, 0.717) is 11.4 Å². The first-order valence-electron chi connectivity index (χ1n) is 13.3. The summed E-state index contributed by atoms with van der Waals surface area (Å²) in [7, 11) is 0. The minimum atomic E-state index is -1.09. The van der Waals surface area contributed by atoms with Gasteiger partial charge in [-0.05, 0) is 67.3 Å². The third-order valence-electron chi connectivity index (χ3n) is 6.75. The predicted molar refractivity (Wildman–Crippen MR) is 146 cm³/mol. The number of halogens is 1. The van der Waals surface area contributed by atoms with E-state index in [1.54, 1.807) is 42.6 Å². The number of rotatable bonds is 10. The Hall–Kier alpha value is -4.27. The number of nitrogens with zero attached hydrogens (tertiary/aromatic N) is 2. The minimum Gasteiger partial charge on any atom is -0.508 e. The number of phenolic OH excluding ortho intramolecular Hbond substituents is 1. The number of phenols is 1. The van der Waals surface area contributed by atoms with Crippen LogP contribution in [-0.2, 0) is 14.4 Å². The molecule has 1 unspecified atom stereocenters. The molecule has 3 aromatic rings. The molecule has 39 heavy (non-hydrogen) atoms. The molecule has 0 bridgehead atoms. The van der Waals surface area contributed by atoms with Gasteiger partial charge in [0, 0.05) is 30.8 Å². The van der Waals surface area contributed by atoms with Crippen molar-refractivity contribution in [1.82, 2.24) is 10.3 Å². The van der Waals surface area contributed by atoms with Crippen LogP contribution in [0.15, 0.2) is 72.9 Å². The van der Waals surface area contributed by atoms with Gasteiger partial charge in [-0.1, -0.05) is 43.5 Å². The number of nitrogens with one attached hydrogen (secondary N) is 2. The van der Waals surface area contributed by atoms with Crippen LogP contribution in [0, 0.1) is 5.82 Å². The molecule has 4 rings (SSSR count). The Labute approximate surface area is 227 Å². The smallest absolute Gasteiger partial charge is 0.248 e. The Morgan fingerprint density at radius 1 is 0.974 bits per heavy atom. The van der Waals surface area contributed by atoms with Crippen molar-refractivity contribution in [2.24, 2.45) is 0 Å². The summed E-state index contributed by atoms with van der Waals surface area (Å²) in [5, 5.41) is 15.6. The van der Waals surface area contributed by atoms with Gasteiger partial charge < -0.3 is 15.7 Å². The van der Waals surface area contributed by atoms with E-state index in [1.807, 2.05) is 0 Å². The van der Waals surface area contributed by atoms with Crippen LogP contribution in [0.1, 0.15) is 63.0 Å². The van der Waals surface area contributed by atoms with Crippen LogP contribution in [0.25, 0.3) is 0 Å². The number of aromatic nitrogens is 1. The lowest BCUT2D eigenvalue weighted by Gasteiger charge is -2.33. The molecule has 1 aliphatic rings. The van der Waals surface area contributed by atoms with Gasteiger partial charge in [0.05, 0.1) is 0 Å². The lowest BCUT2D eigenvalue weighted by Crippen LogP contribution is -2.47. The van der Waals surface area contributed by atoms with Gasteiger partial charge in [-0.15, -0.1) is 0 Å². The van der Waals surface area contributed by atoms with Crippen LogP contribution in [-0.4, -0.2) is 33.9 Å². The molecule has 2 aromatic carbocycles. The molecule has 1 aliphatic carbocycles. The Bertz CT molecular complexity index is 1260. The number of carbonyl (C=O) groups is 3. The SMILES string of the molecule is O=C(CCCC(=O)N(c1cccc(F)c1)C(C(=O)NC1CCCCC1)c1ccc(O)cc1)Nc1ccccn1. The standard InChI is InChI=1S/C30H33FN4O4/c31-22-8-6-11-24(20-22)35(28(38)14-7-13-27(37)34-26-12-4-5-19-32-26)29(21-15-17-25(36)18-16-21)30(39)33-23-9-2-1-3-10-23/h4-6,8,11-12,15-20,23,29,36H,1-3,7,9-10,13-14H2,(H,33,39)(H,32,34,37). The number of hydrogen-bond donors (Lipinski definition) is 3. The van der Waals surface area contributed by atoms with Crippen molar-refractivity contribution in [3.63, 3.8) is 0 Å². The molecule has 1 aromatic heterocycles. The Balaban J connectivity index is 1.57. The van der Waals surface area contributed by atoms with Crippen molar-refractivity contribution in [1.29, 1.82) is 0 Å². The van der Waals surface area contributed by atoms with E-state index in [9.17, 15) is 23.9 Å². The van der Waals surface area contributed by atoms with Gasteiger partial charge in [0.25, 0.3) is 0 Å². The average molecular weight is 533 g/mol. The molecule has 3 amide bonds. The summed E-state index contributed by atoms with van der Waals surface area (Å²) < 4.78 is 14.3. The molecule has 0 saturated heterocycles. The third-order valence-corrected chi connectivity index (χ3v) is 6.75. The normalized spacial score (nSPS) is 14.3. The molecule has 3 N–H and O–H groups in total. The quantitative estimate of drug-likeness (QED) is 0.330. The summed E-state index contributed by atoms with van der Waals surface area (Å²) in [5.74, 6) is -1.20. The zero-order chi connectivity index (χ0) is 27.6. The van der Waals surface area contributed by atoms with Crippen LogP contribution in [0.2, 0.25) is 0 Å². The number of pyridine rings is 1. The molecule has 8 nitrogen and oxygen atoms in total. The minimum absolute atomic E-state index is 0.00869. The first-order valence-corrected chi connectivity index (χ1v) is 13.3. The molecule has 0 spiro atoms. The highest BCUT2D eigenvalue weighted by molar-refractivity contribution is 6.01. The maximum atomic E-state index is 14.3. The highest BCUT2D eigenvalue weighted by Crippen LogP contribution is 2.31. The van der Waals surface area contributed by atoms with Crippen LogP contribution in [0.3, 0.4) is 0 Å². The summed E-state index contributed by atoms with van der Waals surface area (Å²) in [6.07, 6.45) is 6.67. The lowest BCUT2D eigenvalue weighted by molar-refractivity contribution is -0.127. The largest absolute Gasteiger partial charge is 0.508 e. The van der Waals surface area contributed by atoms with Gasteiger partial charge in [0.1, 0.15) is 23.4 Å². The number of aromatic hydroxyl groups is 1. The average Bonchev–Trinajstić information content (AvgIpc) is 2.93. The highest BCUT2D eigenvalue weighted by atomic mass is 19.1. The van der Waals surface area contributed by atoms with Gasteiger partial charge in [-0.2, -0.15) is 0 Å². The highest BCUT2D eigenvalue weighted by Gasteiger charge is 2.34. The van der Waals surface area contributed by atoms with E-state index in [1.165, 1.54) is 35.2 Å². The Morgan fingerprint density at radius 2 is 1.74 bits per heavy atom. The predicted octanol–water partition coefficient (Wildman–Crippen LogP) is 5.26. The molecule has 1 heterocycles. The number of anilines is 2. The summed E-state index contributed by atoms with van der Waals surface area (Å²) in [6, 6.07) is 15.7. The summed E-state index contributed by atoms with van der Waals surface area (Å²) in [5.41, 5.74) is 0.710. The van der Waals surface area contributed by atoms with Crippen LogP contribution < -0.4 is 15.5 Å². The molecule has 0 radical (unpaired) electrons. The van der Waals surface area contributed by atoms with E-state index < -0.39 is 17.8 Å². The molecule has 1 fully saturated rings.